The Morgan fingerprint density at radius 3 is 2.35 bits per heavy atom. The Labute approximate surface area is 244 Å². The molecule has 0 aliphatic carbocycles. The molecule has 5 rings (SSSR count). The second-order valence-corrected chi connectivity index (χ2v) is 11.4. The van der Waals surface area contributed by atoms with E-state index in [-0.39, 0.29) is 11.8 Å². The number of hydrogen-bond acceptors (Lipinski definition) is 5. The van der Waals surface area contributed by atoms with E-state index in [2.05, 4.69) is 36.4 Å². The lowest BCUT2D eigenvalue weighted by Gasteiger charge is -2.33. The maximum atomic E-state index is 13.7. The molecule has 7 nitrogen and oxygen atoms in total. The van der Waals surface area contributed by atoms with Gasteiger partial charge in [0.25, 0.3) is 0 Å². The molecule has 208 valence electrons. The van der Waals surface area contributed by atoms with Gasteiger partial charge in [-0.05, 0) is 86.0 Å². The van der Waals surface area contributed by atoms with Gasteiger partial charge in [-0.2, -0.15) is 0 Å². The zero-order valence-electron chi connectivity index (χ0n) is 22.6. The van der Waals surface area contributed by atoms with Crippen molar-refractivity contribution in [3.63, 3.8) is 0 Å². The number of anilines is 3. The summed E-state index contributed by atoms with van der Waals surface area (Å²) in [6, 6.07) is 22.8. The van der Waals surface area contributed by atoms with Crippen LogP contribution in [-0.4, -0.2) is 53.8 Å². The van der Waals surface area contributed by atoms with E-state index in [0.29, 0.717) is 17.4 Å². The summed E-state index contributed by atoms with van der Waals surface area (Å²) in [7, 11) is 0. The van der Waals surface area contributed by atoms with Crippen LogP contribution in [0.15, 0.2) is 83.3 Å². The molecule has 0 spiro atoms. The van der Waals surface area contributed by atoms with Gasteiger partial charge in [-0.1, -0.05) is 58.7 Å². The number of nitrogen functional groups attached to an aromatic ring is 1. The molecule has 0 radical (unpaired) electrons. The van der Waals surface area contributed by atoms with Gasteiger partial charge in [-0.3, -0.25) is 19.4 Å². The average Bonchev–Trinajstić information content (AvgIpc) is 3.45. The Hall–Kier alpha value is -3.46. The number of para-hydroxylation sites is 2. The summed E-state index contributed by atoms with van der Waals surface area (Å²) in [5.74, 6) is -0.292. The highest BCUT2D eigenvalue weighted by Crippen LogP contribution is 2.30. The fourth-order valence-electron chi connectivity index (χ4n) is 5.60. The molecule has 3 aromatic rings. The third-order valence-corrected chi connectivity index (χ3v) is 8.25. The number of piperidine rings is 1. The summed E-state index contributed by atoms with van der Waals surface area (Å²) in [5, 5.41) is 5.93. The molecule has 2 atom stereocenters. The molecule has 40 heavy (non-hydrogen) atoms. The molecule has 0 bridgehead atoms. The number of halogens is 1. The van der Waals surface area contributed by atoms with Gasteiger partial charge < -0.3 is 16.4 Å². The van der Waals surface area contributed by atoms with Gasteiger partial charge in [0.2, 0.25) is 11.8 Å². The Morgan fingerprint density at radius 1 is 0.900 bits per heavy atom. The Morgan fingerprint density at radius 2 is 1.62 bits per heavy atom. The van der Waals surface area contributed by atoms with E-state index in [9.17, 15) is 9.59 Å². The van der Waals surface area contributed by atoms with E-state index in [0.717, 1.165) is 53.9 Å². The summed E-state index contributed by atoms with van der Waals surface area (Å²) in [5.41, 5.74) is 9.61. The van der Waals surface area contributed by atoms with Crippen molar-refractivity contribution in [2.45, 2.75) is 37.8 Å². The maximum absolute atomic E-state index is 13.7. The standard InChI is InChI=1S/C32H36BrN5O2/c33-25-13-15-26(16-14-25)35-32(40)31(38-21-18-27(22-38)37-19-4-1-5-20-37)24-11-8-23(9-12-24)10-17-30(39)36-29-7-3-2-6-28(29)34/h2-3,6-17,27,31H,1,4-5,18-22,34H2,(H,35,40)(H,36,39). The summed E-state index contributed by atoms with van der Waals surface area (Å²) in [6.07, 6.45) is 8.16. The van der Waals surface area contributed by atoms with Crippen molar-refractivity contribution in [3.8, 4) is 0 Å². The average molecular weight is 603 g/mol. The highest BCUT2D eigenvalue weighted by atomic mass is 79.9. The van der Waals surface area contributed by atoms with E-state index in [4.69, 9.17) is 5.73 Å². The smallest absolute Gasteiger partial charge is 0.248 e. The number of rotatable bonds is 8. The zero-order chi connectivity index (χ0) is 27.9. The van der Waals surface area contributed by atoms with Crippen LogP contribution in [0.2, 0.25) is 0 Å². The van der Waals surface area contributed by atoms with Crippen LogP contribution in [0, 0.1) is 0 Å². The van der Waals surface area contributed by atoms with Crippen LogP contribution in [0.25, 0.3) is 6.08 Å². The van der Waals surface area contributed by atoms with Gasteiger partial charge in [-0.15, -0.1) is 0 Å². The summed E-state index contributed by atoms with van der Waals surface area (Å²) < 4.78 is 0.968. The normalized spacial score (nSPS) is 19.0. The molecule has 0 saturated carbocycles. The Balaban J connectivity index is 1.30. The molecule has 2 heterocycles. The van der Waals surface area contributed by atoms with Crippen molar-refractivity contribution in [3.05, 3.63) is 94.5 Å². The van der Waals surface area contributed by atoms with Gasteiger partial charge in [-0.25, -0.2) is 0 Å². The third-order valence-electron chi connectivity index (χ3n) is 7.73. The minimum atomic E-state index is -0.402. The molecular weight excluding hydrogens is 566 g/mol. The van der Waals surface area contributed by atoms with Crippen molar-refractivity contribution in [2.24, 2.45) is 0 Å². The van der Waals surface area contributed by atoms with Crippen LogP contribution < -0.4 is 16.4 Å². The number of benzene rings is 3. The first kappa shape index (κ1) is 28.1. The molecular formula is C32H36BrN5O2. The molecule has 0 aromatic heterocycles. The van der Waals surface area contributed by atoms with E-state index in [1.54, 1.807) is 18.2 Å². The highest BCUT2D eigenvalue weighted by molar-refractivity contribution is 9.10. The number of nitrogens with two attached hydrogens (primary N) is 1. The number of nitrogens with one attached hydrogen (secondary N) is 2. The van der Waals surface area contributed by atoms with Gasteiger partial charge in [0.05, 0.1) is 11.4 Å². The number of amides is 2. The molecule has 8 heteroatoms. The Bertz CT molecular complexity index is 1340. The van der Waals surface area contributed by atoms with Crippen molar-refractivity contribution < 1.29 is 9.59 Å². The first-order valence-corrected chi connectivity index (χ1v) is 14.7. The molecule has 2 aliphatic rings. The predicted molar refractivity (Wildman–Crippen MR) is 166 cm³/mol. The van der Waals surface area contributed by atoms with Crippen molar-refractivity contribution >= 4 is 50.9 Å². The van der Waals surface area contributed by atoms with Crippen molar-refractivity contribution in [1.82, 2.24) is 9.80 Å². The minimum Gasteiger partial charge on any atom is -0.397 e. The van der Waals surface area contributed by atoms with Crippen LogP contribution in [0.5, 0.6) is 0 Å². The van der Waals surface area contributed by atoms with Crippen LogP contribution >= 0.6 is 15.9 Å². The van der Waals surface area contributed by atoms with E-state index < -0.39 is 6.04 Å². The lowest BCUT2D eigenvalue weighted by molar-refractivity contribution is -0.121. The van der Waals surface area contributed by atoms with Crippen molar-refractivity contribution in [1.29, 1.82) is 0 Å². The van der Waals surface area contributed by atoms with Crippen molar-refractivity contribution in [2.75, 3.05) is 42.5 Å². The minimum absolute atomic E-state index is 0.0373. The molecule has 2 saturated heterocycles. The maximum Gasteiger partial charge on any atom is 0.248 e. The van der Waals surface area contributed by atoms with E-state index >= 15 is 0 Å². The SMILES string of the molecule is Nc1ccccc1NC(=O)C=Cc1ccc(C(C(=O)Nc2ccc(Br)cc2)N2CCC(N3CCCCC3)C2)cc1. The van der Waals surface area contributed by atoms with Gasteiger partial charge in [0.15, 0.2) is 0 Å². The summed E-state index contributed by atoms with van der Waals surface area (Å²) in [4.78, 5) is 31.0. The van der Waals surface area contributed by atoms with Gasteiger partial charge in [0, 0.05) is 35.4 Å². The molecule has 2 aliphatic heterocycles. The molecule has 2 fully saturated rings. The summed E-state index contributed by atoms with van der Waals surface area (Å²) in [6.45, 7) is 4.06. The molecule has 4 N–H and O–H groups in total. The van der Waals surface area contributed by atoms with Gasteiger partial charge >= 0.3 is 0 Å². The zero-order valence-corrected chi connectivity index (χ0v) is 24.1. The fraction of sp³-hybridized carbons (Fsp3) is 0.312. The predicted octanol–water partition coefficient (Wildman–Crippen LogP) is 5.92. The highest BCUT2D eigenvalue weighted by Gasteiger charge is 2.36. The first-order valence-electron chi connectivity index (χ1n) is 13.9. The molecule has 2 unspecified atom stereocenters. The largest absolute Gasteiger partial charge is 0.397 e. The van der Waals surface area contributed by atoms with Crippen LogP contribution in [-0.2, 0) is 9.59 Å². The number of carbonyl (C=O) groups excluding carboxylic acids is 2. The molecule has 2 amide bonds. The second-order valence-electron chi connectivity index (χ2n) is 10.5. The number of likely N-dealkylation sites (tertiary alicyclic amines) is 2. The number of hydrogen-bond donors (Lipinski definition) is 3. The lowest BCUT2D eigenvalue weighted by atomic mass is 10.0. The second kappa shape index (κ2) is 13.3. The molecule has 3 aromatic carbocycles. The Kier molecular flexibility index (Phi) is 9.31. The van der Waals surface area contributed by atoms with Gasteiger partial charge in [0.1, 0.15) is 6.04 Å². The monoisotopic (exact) mass is 601 g/mol. The van der Waals surface area contributed by atoms with E-state index in [1.807, 2.05) is 60.7 Å². The van der Waals surface area contributed by atoms with E-state index in [1.165, 1.54) is 25.3 Å². The number of carbonyl (C=O) groups is 2. The third kappa shape index (κ3) is 7.18. The van der Waals surface area contributed by atoms with Crippen LogP contribution in [0.3, 0.4) is 0 Å². The first-order chi connectivity index (χ1) is 19.5. The lowest BCUT2D eigenvalue weighted by Crippen LogP contribution is -2.42. The topological polar surface area (TPSA) is 90.7 Å². The number of nitrogens with zero attached hydrogens (tertiary/aromatic N) is 2. The quantitative estimate of drug-likeness (QED) is 0.220. The fourth-order valence-corrected chi connectivity index (χ4v) is 5.87. The van der Waals surface area contributed by atoms with Crippen LogP contribution in [0.4, 0.5) is 17.1 Å². The van der Waals surface area contributed by atoms with Crippen LogP contribution in [0.1, 0.15) is 42.9 Å². The summed E-state index contributed by atoms with van der Waals surface area (Å²) >= 11 is 3.46.